The van der Waals surface area contributed by atoms with Crippen molar-refractivity contribution in [2.24, 2.45) is 0 Å². The molecule has 5 nitrogen and oxygen atoms in total. The number of rotatable bonds is 4. The molecular weight excluding hydrogens is 284 g/mol. The normalized spacial score (nSPS) is 11.1. The minimum Gasteiger partial charge on any atom is -0.453 e. The van der Waals surface area contributed by atoms with Crippen LogP contribution in [-0.2, 0) is 9.53 Å². The predicted molar refractivity (Wildman–Crippen MR) is 62.1 cm³/mol. The van der Waals surface area contributed by atoms with Crippen molar-refractivity contribution in [2.75, 3.05) is 17.7 Å². The van der Waals surface area contributed by atoms with E-state index in [-0.39, 0.29) is 11.4 Å². The van der Waals surface area contributed by atoms with Crippen LogP contribution in [0.4, 0.5) is 33.7 Å². The molecule has 1 aromatic carbocycles. The fourth-order valence-electron chi connectivity index (χ4n) is 1.16. The summed E-state index contributed by atoms with van der Waals surface area (Å²) < 4.78 is 53.7. The Labute approximate surface area is 110 Å². The van der Waals surface area contributed by atoms with E-state index in [4.69, 9.17) is 0 Å². The van der Waals surface area contributed by atoms with Crippen LogP contribution in [0, 0.1) is 0 Å². The maximum absolute atomic E-state index is 12.7. The van der Waals surface area contributed by atoms with Gasteiger partial charge in [-0.3, -0.25) is 10.1 Å². The Bertz CT molecular complexity index is 508. The third kappa shape index (κ3) is 3.84. The molecule has 0 aliphatic rings. The molecule has 0 heterocycles. The van der Waals surface area contributed by atoms with Gasteiger partial charge in [0.2, 0.25) is 0 Å². The monoisotopic (exact) mass is 294 g/mol. The van der Waals surface area contributed by atoms with Crippen molar-refractivity contribution in [3.05, 3.63) is 24.3 Å². The predicted octanol–water partition coefficient (Wildman–Crippen LogP) is 2.70. The van der Waals surface area contributed by atoms with E-state index >= 15 is 0 Å². The first kappa shape index (κ1) is 15.7. The SMILES string of the molecule is COC(=O)Nc1cccc(NC(=O)C(F)(F)C(F)F)c1. The number of benzene rings is 1. The molecule has 0 aromatic heterocycles. The summed E-state index contributed by atoms with van der Waals surface area (Å²) in [6.07, 6.45) is -4.93. The quantitative estimate of drug-likeness (QED) is 0.839. The van der Waals surface area contributed by atoms with Crippen LogP contribution in [0.25, 0.3) is 0 Å². The van der Waals surface area contributed by atoms with Crippen molar-refractivity contribution in [1.82, 2.24) is 0 Å². The topological polar surface area (TPSA) is 67.4 Å². The molecule has 2 N–H and O–H groups in total. The van der Waals surface area contributed by atoms with Gasteiger partial charge in [0.05, 0.1) is 7.11 Å². The molecule has 9 heteroatoms. The molecule has 0 spiro atoms. The van der Waals surface area contributed by atoms with Gasteiger partial charge < -0.3 is 10.1 Å². The first-order valence-corrected chi connectivity index (χ1v) is 5.20. The molecule has 0 atom stereocenters. The van der Waals surface area contributed by atoms with Gasteiger partial charge in [0.25, 0.3) is 0 Å². The first-order valence-electron chi connectivity index (χ1n) is 5.20. The van der Waals surface area contributed by atoms with Crippen LogP contribution in [0.5, 0.6) is 0 Å². The molecule has 110 valence electrons. The van der Waals surface area contributed by atoms with Gasteiger partial charge in [-0.15, -0.1) is 0 Å². The highest BCUT2D eigenvalue weighted by molar-refractivity contribution is 5.97. The van der Waals surface area contributed by atoms with Crippen molar-refractivity contribution < 1.29 is 31.9 Å². The lowest BCUT2D eigenvalue weighted by molar-refractivity contribution is -0.163. The lowest BCUT2D eigenvalue weighted by Crippen LogP contribution is -2.40. The van der Waals surface area contributed by atoms with E-state index in [2.05, 4.69) is 10.1 Å². The number of methoxy groups -OCH3 is 1. The zero-order valence-electron chi connectivity index (χ0n) is 10.1. The van der Waals surface area contributed by atoms with Gasteiger partial charge in [-0.05, 0) is 18.2 Å². The van der Waals surface area contributed by atoms with Gasteiger partial charge in [-0.2, -0.15) is 8.78 Å². The van der Waals surface area contributed by atoms with Gasteiger partial charge in [0.15, 0.2) is 0 Å². The smallest absolute Gasteiger partial charge is 0.411 e. The van der Waals surface area contributed by atoms with E-state index in [1.807, 2.05) is 0 Å². The molecule has 20 heavy (non-hydrogen) atoms. The molecular formula is C11H10F4N2O3. The molecule has 2 amide bonds. The third-order valence-electron chi connectivity index (χ3n) is 2.13. The molecule has 1 rings (SSSR count). The van der Waals surface area contributed by atoms with E-state index < -0.39 is 24.3 Å². The summed E-state index contributed by atoms with van der Waals surface area (Å²) in [6, 6.07) is 5.01. The fraction of sp³-hybridized carbons (Fsp3) is 0.273. The first-order chi connectivity index (χ1) is 9.27. The second kappa shape index (κ2) is 6.22. The van der Waals surface area contributed by atoms with Crippen LogP contribution in [0.1, 0.15) is 0 Å². The number of alkyl halides is 4. The summed E-state index contributed by atoms with van der Waals surface area (Å²) in [5.41, 5.74) is -0.0424. The van der Waals surface area contributed by atoms with Crippen LogP contribution < -0.4 is 10.6 Å². The number of halogens is 4. The summed E-state index contributed by atoms with van der Waals surface area (Å²) in [5, 5.41) is 3.85. The molecule has 0 aliphatic heterocycles. The molecule has 0 fully saturated rings. The Morgan fingerprint density at radius 2 is 1.75 bits per heavy atom. The Hall–Kier alpha value is -2.32. The lowest BCUT2D eigenvalue weighted by Gasteiger charge is -2.15. The Morgan fingerprint density at radius 1 is 1.20 bits per heavy atom. The molecule has 0 unspecified atom stereocenters. The van der Waals surface area contributed by atoms with Crippen molar-refractivity contribution >= 4 is 23.4 Å². The maximum Gasteiger partial charge on any atom is 0.411 e. The van der Waals surface area contributed by atoms with Crippen LogP contribution in [0.2, 0.25) is 0 Å². The number of anilines is 2. The zero-order valence-corrected chi connectivity index (χ0v) is 10.1. The van der Waals surface area contributed by atoms with Crippen LogP contribution >= 0.6 is 0 Å². The second-order valence-electron chi connectivity index (χ2n) is 3.58. The minimum absolute atomic E-state index is 0.134. The van der Waals surface area contributed by atoms with Gasteiger partial charge in [0, 0.05) is 11.4 Å². The van der Waals surface area contributed by atoms with Crippen LogP contribution in [0.15, 0.2) is 24.3 Å². The number of hydrogen-bond donors (Lipinski definition) is 2. The van der Waals surface area contributed by atoms with Crippen molar-refractivity contribution in [1.29, 1.82) is 0 Å². The molecule has 0 saturated heterocycles. The van der Waals surface area contributed by atoms with E-state index in [0.717, 1.165) is 13.2 Å². The number of nitrogens with one attached hydrogen (secondary N) is 2. The highest BCUT2D eigenvalue weighted by atomic mass is 19.3. The van der Waals surface area contributed by atoms with Gasteiger partial charge >= 0.3 is 24.3 Å². The third-order valence-corrected chi connectivity index (χ3v) is 2.13. The molecule has 0 saturated carbocycles. The molecule has 0 aliphatic carbocycles. The summed E-state index contributed by atoms with van der Waals surface area (Å²) in [7, 11) is 1.12. The Balaban J connectivity index is 2.81. The molecule has 0 radical (unpaired) electrons. The average molecular weight is 294 g/mol. The van der Waals surface area contributed by atoms with Crippen LogP contribution in [0.3, 0.4) is 0 Å². The van der Waals surface area contributed by atoms with Gasteiger partial charge in [-0.1, -0.05) is 6.07 Å². The summed E-state index contributed by atoms with van der Waals surface area (Å²) >= 11 is 0. The molecule has 1 aromatic rings. The van der Waals surface area contributed by atoms with Crippen molar-refractivity contribution in [2.45, 2.75) is 12.3 Å². The van der Waals surface area contributed by atoms with Crippen molar-refractivity contribution in [3.8, 4) is 0 Å². The highest BCUT2D eigenvalue weighted by Crippen LogP contribution is 2.25. The largest absolute Gasteiger partial charge is 0.453 e. The van der Waals surface area contributed by atoms with E-state index in [0.29, 0.717) is 0 Å². The second-order valence-corrected chi connectivity index (χ2v) is 3.58. The number of ether oxygens (including phenoxy) is 1. The summed E-state index contributed by atoms with van der Waals surface area (Å²) in [4.78, 5) is 21.9. The molecule has 0 bridgehead atoms. The van der Waals surface area contributed by atoms with Gasteiger partial charge in [0.1, 0.15) is 0 Å². The van der Waals surface area contributed by atoms with Crippen molar-refractivity contribution in [3.63, 3.8) is 0 Å². The number of hydrogen-bond acceptors (Lipinski definition) is 3. The Kier molecular flexibility index (Phi) is 4.89. The Morgan fingerprint density at radius 3 is 2.25 bits per heavy atom. The van der Waals surface area contributed by atoms with E-state index in [9.17, 15) is 27.2 Å². The van der Waals surface area contributed by atoms with E-state index in [1.54, 1.807) is 5.32 Å². The number of amides is 2. The standard InChI is InChI=1S/C11H10F4N2O3/c1-20-10(19)17-7-4-2-3-6(5-7)16-9(18)11(14,15)8(12)13/h2-5,8H,1H3,(H,16,18)(H,17,19). The summed E-state index contributed by atoms with van der Waals surface area (Å²) in [6.45, 7) is 0. The number of carbonyl (C=O) groups excluding carboxylic acids is 2. The maximum atomic E-state index is 12.7. The van der Waals surface area contributed by atoms with Crippen LogP contribution in [-0.4, -0.2) is 31.5 Å². The zero-order chi connectivity index (χ0) is 15.3. The highest BCUT2D eigenvalue weighted by Gasteiger charge is 2.48. The lowest BCUT2D eigenvalue weighted by atomic mass is 10.2. The fourth-order valence-corrected chi connectivity index (χ4v) is 1.16. The average Bonchev–Trinajstić information content (AvgIpc) is 2.38. The minimum atomic E-state index is -4.80. The van der Waals surface area contributed by atoms with E-state index in [1.165, 1.54) is 18.2 Å². The summed E-state index contributed by atoms with van der Waals surface area (Å²) in [5.74, 6) is -6.94. The van der Waals surface area contributed by atoms with Gasteiger partial charge in [-0.25, -0.2) is 13.6 Å². The number of carbonyl (C=O) groups is 2.